The van der Waals surface area contributed by atoms with Crippen LogP contribution in [0.25, 0.3) is 0 Å². The van der Waals surface area contributed by atoms with Crippen LogP contribution in [0.2, 0.25) is 0 Å². The number of fused-ring (bicyclic) bond motifs is 5. The Bertz CT molecular complexity index is 1080. The molecule has 0 heterocycles. The number of methoxy groups -OCH3 is 1. The van der Waals surface area contributed by atoms with E-state index in [0.29, 0.717) is 31.4 Å². The number of aliphatic hydroxyl groups is 1. The number of amides is 1. The zero-order valence-corrected chi connectivity index (χ0v) is 22.4. The first kappa shape index (κ1) is 26.0. The highest BCUT2D eigenvalue weighted by atomic mass is 16.5. The number of allylic oxidation sites excluding steroid dienone is 4. The van der Waals surface area contributed by atoms with Crippen molar-refractivity contribution in [2.24, 2.45) is 34.5 Å². The highest BCUT2D eigenvalue weighted by molar-refractivity contribution is 6.01. The summed E-state index contributed by atoms with van der Waals surface area (Å²) in [6.45, 7) is 5.69. The zero-order chi connectivity index (χ0) is 26.2. The average molecular weight is 508 g/mol. The van der Waals surface area contributed by atoms with E-state index in [4.69, 9.17) is 9.47 Å². The minimum absolute atomic E-state index is 0.0585. The van der Waals surface area contributed by atoms with Gasteiger partial charge in [0.2, 0.25) is 5.91 Å². The van der Waals surface area contributed by atoms with Gasteiger partial charge in [0, 0.05) is 23.8 Å². The summed E-state index contributed by atoms with van der Waals surface area (Å²) in [6, 6.07) is 7.56. The summed E-state index contributed by atoms with van der Waals surface area (Å²) >= 11 is 0. The number of carbonyl (C=O) groups excluding carboxylic acids is 2. The van der Waals surface area contributed by atoms with Crippen LogP contribution in [0.4, 0.5) is 0 Å². The molecule has 2 N–H and O–H groups in total. The third kappa shape index (κ3) is 4.73. The second-order valence-electron chi connectivity index (χ2n) is 12.0. The van der Waals surface area contributed by atoms with Gasteiger partial charge in [-0.15, -0.1) is 0 Å². The van der Waals surface area contributed by atoms with E-state index in [1.165, 1.54) is 5.57 Å². The number of nitrogens with one attached hydrogen (secondary N) is 1. The number of hydrogen-bond donors (Lipinski definition) is 2. The number of aliphatic hydroxyl groups excluding tert-OH is 1. The predicted molar refractivity (Wildman–Crippen MR) is 142 cm³/mol. The molecular formula is C31H41NO5. The maximum absolute atomic E-state index is 13.3. The highest BCUT2D eigenvalue weighted by Crippen LogP contribution is 2.65. The van der Waals surface area contributed by atoms with Crippen LogP contribution in [0.1, 0.15) is 58.8 Å². The fourth-order valence-corrected chi connectivity index (χ4v) is 8.18. The Kier molecular flexibility index (Phi) is 7.23. The SMILES string of the molecule is COc1ccc(OCCCCNC(=O)C2CCC3C4CCC5=CC(=O)C=CC5(C)C4C(O)CC23C)cc1. The first-order valence-electron chi connectivity index (χ1n) is 13.9. The number of ether oxygens (including phenoxy) is 2. The van der Waals surface area contributed by atoms with Crippen molar-refractivity contribution in [3.8, 4) is 11.5 Å². The number of ketones is 1. The third-order valence-corrected chi connectivity index (χ3v) is 10.0. The van der Waals surface area contributed by atoms with Gasteiger partial charge in [-0.25, -0.2) is 0 Å². The van der Waals surface area contributed by atoms with E-state index in [1.54, 1.807) is 19.3 Å². The fourth-order valence-electron chi connectivity index (χ4n) is 8.18. The predicted octanol–water partition coefficient (Wildman–Crippen LogP) is 4.87. The molecule has 1 amide bonds. The van der Waals surface area contributed by atoms with Gasteiger partial charge in [0.1, 0.15) is 11.5 Å². The zero-order valence-electron chi connectivity index (χ0n) is 22.4. The topological polar surface area (TPSA) is 84.9 Å². The molecule has 0 saturated heterocycles. The smallest absolute Gasteiger partial charge is 0.223 e. The van der Waals surface area contributed by atoms with Crippen molar-refractivity contribution in [3.05, 3.63) is 48.1 Å². The van der Waals surface area contributed by atoms with Crippen LogP contribution in [-0.2, 0) is 9.59 Å². The van der Waals surface area contributed by atoms with Gasteiger partial charge >= 0.3 is 0 Å². The second-order valence-corrected chi connectivity index (χ2v) is 12.0. The molecule has 3 fully saturated rings. The molecule has 5 rings (SSSR count). The van der Waals surface area contributed by atoms with Gasteiger partial charge in [0.05, 0.1) is 19.8 Å². The summed E-state index contributed by atoms with van der Waals surface area (Å²) < 4.78 is 11.0. The van der Waals surface area contributed by atoms with Crippen molar-refractivity contribution >= 4 is 11.7 Å². The summed E-state index contributed by atoms with van der Waals surface area (Å²) in [5.74, 6) is 2.68. The van der Waals surface area contributed by atoms with Gasteiger partial charge < -0.3 is 19.9 Å². The second kappa shape index (κ2) is 10.3. The fraction of sp³-hybridized carbons (Fsp3) is 0.613. The van der Waals surface area contributed by atoms with Crippen LogP contribution in [0, 0.1) is 34.5 Å². The van der Waals surface area contributed by atoms with E-state index in [0.717, 1.165) is 50.0 Å². The highest BCUT2D eigenvalue weighted by Gasteiger charge is 2.62. The van der Waals surface area contributed by atoms with Crippen molar-refractivity contribution in [2.45, 2.75) is 64.9 Å². The van der Waals surface area contributed by atoms with Crippen LogP contribution in [-0.4, -0.2) is 43.2 Å². The minimum atomic E-state index is -0.471. The monoisotopic (exact) mass is 507 g/mol. The summed E-state index contributed by atoms with van der Waals surface area (Å²) in [6.07, 6.45) is 11.2. The number of unbranched alkanes of at least 4 members (excludes halogenated alkanes) is 1. The standard InChI is InChI=1S/C31H41NO5/c1-30-15-14-21(33)18-20(30)6-11-24-25-12-13-26(31(25,2)19-27(34)28(24)30)29(35)32-16-4-5-17-37-23-9-7-22(36-3)8-10-23/h7-10,14-15,18,24-28,34H,4-6,11-13,16-17,19H2,1-3H3,(H,32,35). The van der Waals surface area contributed by atoms with Gasteiger partial charge in [0.15, 0.2) is 5.78 Å². The maximum Gasteiger partial charge on any atom is 0.223 e. The summed E-state index contributed by atoms with van der Waals surface area (Å²) in [5.41, 5.74) is 0.729. The Morgan fingerprint density at radius 1 is 1.11 bits per heavy atom. The van der Waals surface area contributed by atoms with E-state index in [1.807, 2.05) is 30.3 Å². The maximum atomic E-state index is 13.3. The average Bonchev–Trinajstić information content (AvgIpc) is 3.23. The quantitative estimate of drug-likeness (QED) is 0.491. The first-order valence-corrected chi connectivity index (χ1v) is 13.9. The lowest BCUT2D eigenvalue weighted by molar-refractivity contribution is -0.140. The van der Waals surface area contributed by atoms with E-state index in [2.05, 4.69) is 19.2 Å². The third-order valence-electron chi connectivity index (χ3n) is 10.0. The van der Waals surface area contributed by atoms with Crippen LogP contribution >= 0.6 is 0 Å². The molecule has 0 bridgehead atoms. The van der Waals surface area contributed by atoms with Gasteiger partial charge in [-0.1, -0.05) is 25.5 Å². The molecule has 4 aliphatic rings. The lowest BCUT2D eigenvalue weighted by atomic mass is 9.47. The van der Waals surface area contributed by atoms with Crippen LogP contribution in [0.15, 0.2) is 48.1 Å². The van der Waals surface area contributed by atoms with Crippen molar-refractivity contribution < 1.29 is 24.2 Å². The molecule has 6 heteroatoms. The van der Waals surface area contributed by atoms with Crippen LogP contribution in [0.3, 0.4) is 0 Å². The van der Waals surface area contributed by atoms with Crippen LogP contribution in [0.5, 0.6) is 11.5 Å². The van der Waals surface area contributed by atoms with E-state index in [9.17, 15) is 14.7 Å². The molecule has 1 aromatic carbocycles. The van der Waals surface area contributed by atoms with E-state index >= 15 is 0 Å². The number of rotatable bonds is 8. The van der Waals surface area contributed by atoms with Gasteiger partial charge in [-0.3, -0.25) is 9.59 Å². The number of carbonyl (C=O) groups is 2. The Morgan fingerprint density at radius 3 is 2.62 bits per heavy atom. The summed E-state index contributed by atoms with van der Waals surface area (Å²) in [5, 5.41) is 14.7. The lowest BCUT2D eigenvalue weighted by Crippen LogP contribution is -2.57. The van der Waals surface area contributed by atoms with Crippen molar-refractivity contribution in [2.75, 3.05) is 20.3 Å². The first-order chi connectivity index (χ1) is 17.8. The van der Waals surface area contributed by atoms with Gasteiger partial charge in [0.25, 0.3) is 0 Å². The molecule has 1 aromatic rings. The van der Waals surface area contributed by atoms with Gasteiger partial charge in [-0.2, -0.15) is 0 Å². The molecule has 0 spiro atoms. The van der Waals surface area contributed by atoms with Crippen LogP contribution < -0.4 is 14.8 Å². The van der Waals surface area contributed by atoms with Crippen molar-refractivity contribution in [1.82, 2.24) is 5.32 Å². The Hall–Kier alpha value is -2.60. The minimum Gasteiger partial charge on any atom is -0.497 e. The molecule has 0 aliphatic heterocycles. The molecule has 6 nitrogen and oxygen atoms in total. The molecule has 7 atom stereocenters. The Labute approximate surface area is 220 Å². The number of hydrogen-bond acceptors (Lipinski definition) is 5. The van der Waals surface area contributed by atoms with Crippen molar-refractivity contribution in [1.29, 1.82) is 0 Å². The molecule has 4 aliphatic carbocycles. The lowest BCUT2D eigenvalue weighted by Gasteiger charge is -2.58. The van der Waals surface area contributed by atoms with Crippen molar-refractivity contribution in [3.63, 3.8) is 0 Å². The summed E-state index contributed by atoms with van der Waals surface area (Å²) in [7, 11) is 1.64. The molecule has 37 heavy (non-hydrogen) atoms. The van der Waals surface area contributed by atoms with E-state index < -0.39 is 6.10 Å². The Morgan fingerprint density at radius 2 is 1.86 bits per heavy atom. The summed E-state index contributed by atoms with van der Waals surface area (Å²) in [4.78, 5) is 25.3. The molecule has 0 radical (unpaired) electrons. The molecular weight excluding hydrogens is 466 g/mol. The number of benzene rings is 1. The normalized spacial score (nSPS) is 36.2. The molecule has 0 aromatic heterocycles. The van der Waals surface area contributed by atoms with Gasteiger partial charge in [-0.05, 0) is 98.6 Å². The molecule has 3 saturated carbocycles. The largest absolute Gasteiger partial charge is 0.497 e. The molecule has 7 unspecified atom stereocenters. The molecule has 200 valence electrons. The van der Waals surface area contributed by atoms with E-state index in [-0.39, 0.29) is 34.4 Å². The Balaban J connectivity index is 1.14.